The molecule has 1 heterocycles. The van der Waals surface area contributed by atoms with Gasteiger partial charge in [-0.05, 0) is 24.4 Å². The number of carbonyl (C=O) groups is 1. The quantitative estimate of drug-likeness (QED) is 0.830. The van der Waals surface area contributed by atoms with E-state index in [9.17, 15) is 9.90 Å². The molecule has 2 atom stereocenters. The number of hydrogen-bond donors (Lipinski definition) is 2. The summed E-state index contributed by atoms with van der Waals surface area (Å²) in [5, 5.41) is 18.8. The number of β-amino-alcohol motifs (C(OH)–C–C–N with tert-alkyl or cyclic N) is 1. The Morgan fingerprint density at radius 2 is 2.11 bits per heavy atom. The van der Waals surface area contributed by atoms with E-state index in [4.69, 9.17) is 5.11 Å². The van der Waals surface area contributed by atoms with Gasteiger partial charge in [0.2, 0.25) is 0 Å². The first-order chi connectivity index (χ1) is 8.65. The van der Waals surface area contributed by atoms with Crippen molar-refractivity contribution in [3.05, 3.63) is 35.9 Å². The summed E-state index contributed by atoms with van der Waals surface area (Å²) in [5.74, 6) is -0.504. The number of aliphatic hydroxyl groups excluding tert-OH is 1. The lowest BCUT2D eigenvalue weighted by atomic mass is 10.1. The highest BCUT2D eigenvalue weighted by Gasteiger charge is 2.25. The zero-order valence-corrected chi connectivity index (χ0v) is 10.3. The topological polar surface area (TPSA) is 60.8 Å². The highest BCUT2D eigenvalue weighted by atomic mass is 16.4. The van der Waals surface area contributed by atoms with Crippen molar-refractivity contribution in [2.24, 2.45) is 5.92 Å². The van der Waals surface area contributed by atoms with Gasteiger partial charge >= 0.3 is 5.97 Å². The monoisotopic (exact) mass is 249 g/mol. The molecule has 0 amide bonds. The van der Waals surface area contributed by atoms with Crippen molar-refractivity contribution in [3.63, 3.8) is 0 Å². The van der Waals surface area contributed by atoms with Crippen LogP contribution >= 0.6 is 0 Å². The minimum atomic E-state index is -0.731. The molecule has 2 rings (SSSR count). The lowest BCUT2D eigenvalue weighted by molar-refractivity contribution is -0.138. The number of carboxylic acids is 1. The molecule has 1 saturated heterocycles. The van der Waals surface area contributed by atoms with Crippen molar-refractivity contribution in [1.29, 1.82) is 0 Å². The van der Waals surface area contributed by atoms with Crippen LogP contribution in [0.25, 0.3) is 0 Å². The van der Waals surface area contributed by atoms with Crippen LogP contribution < -0.4 is 0 Å². The normalized spacial score (nSPS) is 21.9. The van der Waals surface area contributed by atoms with E-state index in [2.05, 4.69) is 4.90 Å². The molecule has 0 bridgehead atoms. The summed E-state index contributed by atoms with van der Waals surface area (Å²) < 4.78 is 0. The molecular formula is C14H19NO3. The van der Waals surface area contributed by atoms with Crippen LogP contribution in [0.1, 0.15) is 24.5 Å². The highest BCUT2D eigenvalue weighted by molar-refractivity contribution is 5.67. The molecule has 1 aromatic carbocycles. The van der Waals surface area contributed by atoms with Crippen LogP contribution in [0.2, 0.25) is 0 Å². The molecule has 1 aliphatic heterocycles. The molecule has 0 spiro atoms. The maximum atomic E-state index is 10.6. The van der Waals surface area contributed by atoms with Gasteiger partial charge in [-0.1, -0.05) is 30.3 Å². The summed E-state index contributed by atoms with van der Waals surface area (Å²) in [5.41, 5.74) is 0.916. The van der Waals surface area contributed by atoms with Crippen LogP contribution in [0, 0.1) is 5.92 Å². The number of benzene rings is 1. The van der Waals surface area contributed by atoms with Crippen LogP contribution in [0.5, 0.6) is 0 Å². The average molecular weight is 249 g/mol. The largest absolute Gasteiger partial charge is 0.481 e. The first kappa shape index (κ1) is 13.1. The number of carboxylic acid groups (broad SMARTS) is 1. The summed E-state index contributed by atoms with van der Waals surface area (Å²) in [7, 11) is 0. The van der Waals surface area contributed by atoms with Gasteiger partial charge in [-0.15, -0.1) is 0 Å². The van der Waals surface area contributed by atoms with Crippen molar-refractivity contribution in [3.8, 4) is 0 Å². The fourth-order valence-electron chi connectivity index (χ4n) is 2.52. The predicted molar refractivity (Wildman–Crippen MR) is 68.2 cm³/mol. The molecule has 18 heavy (non-hydrogen) atoms. The smallest absolute Gasteiger partial charge is 0.303 e. The molecule has 0 radical (unpaired) electrons. The Hall–Kier alpha value is -1.39. The van der Waals surface area contributed by atoms with Gasteiger partial charge in [-0.25, -0.2) is 0 Å². The third-order valence-electron chi connectivity index (χ3n) is 3.45. The minimum absolute atomic E-state index is 0.227. The standard InChI is InChI=1S/C14H19NO3/c16-13(12-4-2-1-3-5-12)10-15-7-6-11(9-15)8-14(17)18/h1-5,11,13,16H,6-10H2,(H,17,18). The van der Waals surface area contributed by atoms with Crippen molar-refractivity contribution < 1.29 is 15.0 Å². The molecule has 4 heteroatoms. The third-order valence-corrected chi connectivity index (χ3v) is 3.45. The Morgan fingerprint density at radius 3 is 2.78 bits per heavy atom. The number of aliphatic hydroxyl groups is 1. The molecule has 2 N–H and O–H groups in total. The van der Waals surface area contributed by atoms with E-state index in [0.717, 1.165) is 25.1 Å². The van der Waals surface area contributed by atoms with E-state index in [1.54, 1.807) is 0 Å². The number of likely N-dealkylation sites (tertiary alicyclic amines) is 1. The predicted octanol–water partition coefficient (Wildman–Crippen LogP) is 1.52. The first-order valence-corrected chi connectivity index (χ1v) is 6.32. The Bertz CT molecular complexity index is 393. The van der Waals surface area contributed by atoms with Crippen LogP contribution in [0.4, 0.5) is 0 Å². The molecule has 1 aliphatic rings. The summed E-state index contributed by atoms with van der Waals surface area (Å²) in [6, 6.07) is 9.57. The van der Waals surface area contributed by atoms with Gasteiger partial charge in [0.25, 0.3) is 0 Å². The van der Waals surface area contributed by atoms with Crippen LogP contribution in [0.3, 0.4) is 0 Å². The van der Waals surface area contributed by atoms with E-state index >= 15 is 0 Å². The van der Waals surface area contributed by atoms with Gasteiger partial charge in [-0.3, -0.25) is 4.79 Å². The van der Waals surface area contributed by atoms with Gasteiger partial charge in [0, 0.05) is 19.5 Å². The number of hydrogen-bond acceptors (Lipinski definition) is 3. The van der Waals surface area contributed by atoms with Gasteiger partial charge in [0.1, 0.15) is 0 Å². The van der Waals surface area contributed by atoms with Gasteiger partial charge in [-0.2, -0.15) is 0 Å². The molecule has 2 unspecified atom stereocenters. The lowest BCUT2D eigenvalue weighted by Crippen LogP contribution is -2.26. The number of nitrogens with zero attached hydrogens (tertiary/aromatic N) is 1. The fraction of sp³-hybridized carbons (Fsp3) is 0.500. The maximum absolute atomic E-state index is 10.6. The Labute approximate surface area is 107 Å². The van der Waals surface area contributed by atoms with E-state index < -0.39 is 12.1 Å². The second-order valence-corrected chi connectivity index (χ2v) is 4.94. The zero-order chi connectivity index (χ0) is 13.0. The molecular weight excluding hydrogens is 230 g/mol. The summed E-state index contributed by atoms with van der Waals surface area (Å²) in [6.07, 6.45) is 0.654. The number of aliphatic carboxylic acids is 1. The molecule has 0 aliphatic carbocycles. The molecule has 98 valence electrons. The maximum Gasteiger partial charge on any atom is 0.303 e. The second-order valence-electron chi connectivity index (χ2n) is 4.94. The molecule has 0 saturated carbocycles. The van der Waals surface area contributed by atoms with Crippen molar-refractivity contribution in [2.45, 2.75) is 18.9 Å². The van der Waals surface area contributed by atoms with Crippen molar-refractivity contribution in [1.82, 2.24) is 4.90 Å². The first-order valence-electron chi connectivity index (χ1n) is 6.32. The van der Waals surface area contributed by atoms with E-state index in [-0.39, 0.29) is 12.3 Å². The van der Waals surface area contributed by atoms with Gasteiger partial charge in [0.05, 0.1) is 6.10 Å². The SMILES string of the molecule is O=C(O)CC1CCN(CC(O)c2ccccc2)C1. The summed E-state index contributed by atoms with van der Waals surface area (Å²) >= 11 is 0. The van der Waals surface area contributed by atoms with Crippen LogP contribution in [-0.4, -0.2) is 40.7 Å². The molecule has 0 aromatic heterocycles. The van der Waals surface area contributed by atoms with E-state index in [1.807, 2.05) is 30.3 Å². The van der Waals surface area contributed by atoms with Crippen LogP contribution in [0.15, 0.2) is 30.3 Å². The molecule has 1 aromatic rings. The summed E-state index contributed by atoms with van der Waals surface area (Å²) in [6.45, 7) is 2.23. The van der Waals surface area contributed by atoms with Crippen molar-refractivity contribution in [2.75, 3.05) is 19.6 Å². The van der Waals surface area contributed by atoms with Gasteiger partial charge in [0.15, 0.2) is 0 Å². The Kier molecular flexibility index (Phi) is 4.33. The molecule has 4 nitrogen and oxygen atoms in total. The number of rotatable bonds is 5. The Balaban J connectivity index is 1.83. The highest BCUT2D eigenvalue weighted by Crippen LogP contribution is 2.22. The Morgan fingerprint density at radius 1 is 1.39 bits per heavy atom. The van der Waals surface area contributed by atoms with E-state index in [1.165, 1.54) is 0 Å². The van der Waals surface area contributed by atoms with Crippen molar-refractivity contribution >= 4 is 5.97 Å². The third kappa shape index (κ3) is 3.55. The molecule has 1 fully saturated rings. The second kappa shape index (κ2) is 5.98. The van der Waals surface area contributed by atoms with Gasteiger partial charge < -0.3 is 15.1 Å². The van der Waals surface area contributed by atoms with E-state index in [0.29, 0.717) is 6.54 Å². The summed E-state index contributed by atoms with van der Waals surface area (Å²) in [4.78, 5) is 12.8. The van der Waals surface area contributed by atoms with Crippen LogP contribution in [-0.2, 0) is 4.79 Å². The zero-order valence-electron chi connectivity index (χ0n) is 10.3. The average Bonchev–Trinajstić information content (AvgIpc) is 2.76. The fourth-order valence-corrected chi connectivity index (χ4v) is 2.52. The lowest BCUT2D eigenvalue weighted by Gasteiger charge is -2.20. The minimum Gasteiger partial charge on any atom is -0.481 e.